The number of ether oxygens (including phenoxy) is 1. The van der Waals surface area contributed by atoms with E-state index in [0.717, 1.165) is 12.8 Å². The van der Waals surface area contributed by atoms with Crippen molar-refractivity contribution in [3.05, 3.63) is 40.4 Å². The van der Waals surface area contributed by atoms with Crippen molar-refractivity contribution in [2.45, 2.75) is 26.7 Å². The number of carbonyl (C=O) groups is 2. The summed E-state index contributed by atoms with van der Waals surface area (Å²) in [4.78, 5) is 26.5. The molecule has 0 N–H and O–H groups in total. The molecule has 1 aromatic heterocycles. The van der Waals surface area contributed by atoms with Gasteiger partial charge in [0.25, 0.3) is 5.91 Å². The second kappa shape index (κ2) is 8.08. The molecular formula is C19H20ClFN2O4. The van der Waals surface area contributed by atoms with E-state index in [9.17, 15) is 14.0 Å². The Bertz CT molecular complexity index is 839. The standard InChI is InChI=1S/C19H20ClFN2O4/c1-11-6-8-23(9-7-11)15(24)10-26-19(25)16-12(2)27-22-18(16)17-13(20)4-3-5-14(17)21/h3-5,11H,6-10H2,1-2H3. The third-order valence-corrected chi connectivity index (χ3v) is 5.04. The second-order valence-corrected chi connectivity index (χ2v) is 7.11. The van der Waals surface area contributed by atoms with Crippen molar-refractivity contribution in [3.63, 3.8) is 0 Å². The van der Waals surface area contributed by atoms with Gasteiger partial charge in [-0.15, -0.1) is 0 Å². The van der Waals surface area contributed by atoms with Crippen LogP contribution in [-0.4, -0.2) is 41.6 Å². The molecule has 1 saturated heterocycles. The number of likely N-dealkylation sites (tertiary alicyclic amines) is 1. The van der Waals surface area contributed by atoms with E-state index < -0.39 is 11.8 Å². The molecule has 0 radical (unpaired) electrons. The van der Waals surface area contributed by atoms with Gasteiger partial charge in [-0.1, -0.05) is 29.7 Å². The lowest BCUT2D eigenvalue weighted by Gasteiger charge is -2.30. The molecule has 0 aliphatic carbocycles. The Morgan fingerprint density at radius 2 is 2.07 bits per heavy atom. The number of rotatable bonds is 4. The average molecular weight is 395 g/mol. The van der Waals surface area contributed by atoms with Gasteiger partial charge in [-0.05, 0) is 37.8 Å². The lowest BCUT2D eigenvalue weighted by Crippen LogP contribution is -2.40. The first-order chi connectivity index (χ1) is 12.9. The minimum Gasteiger partial charge on any atom is -0.452 e. The summed E-state index contributed by atoms with van der Waals surface area (Å²) in [7, 11) is 0. The van der Waals surface area contributed by atoms with Gasteiger partial charge in [0.2, 0.25) is 0 Å². The molecule has 3 rings (SSSR count). The first-order valence-corrected chi connectivity index (χ1v) is 9.11. The number of nitrogens with zero attached hydrogens (tertiary/aromatic N) is 2. The summed E-state index contributed by atoms with van der Waals surface area (Å²) < 4.78 is 24.4. The number of aryl methyl sites for hydroxylation is 1. The SMILES string of the molecule is Cc1onc(-c2c(F)cccc2Cl)c1C(=O)OCC(=O)N1CCC(C)CC1. The first kappa shape index (κ1) is 19.4. The number of esters is 1. The van der Waals surface area contributed by atoms with E-state index in [2.05, 4.69) is 12.1 Å². The Morgan fingerprint density at radius 1 is 1.37 bits per heavy atom. The van der Waals surface area contributed by atoms with Crippen LogP contribution in [0.2, 0.25) is 5.02 Å². The minimum atomic E-state index is -0.804. The highest BCUT2D eigenvalue weighted by Gasteiger charge is 2.28. The third kappa shape index (κ3) is 4.13. The predicted molar refractivity (Wildman–Crippen MR) is 96.9 cm³/mol. The molecule has 27 heavy (non-hydrogen) atoms. The Labute approximate surface area is 161 Å². The van der Waals surface area contributed by atoms with Gasteiger partial charge in [-0.2, -0.15) is 0 Å². The molecule has 1 fully saturated rings. The fraction of sp³-hybridized carbons (Fsp3) is 0.421. The number of halogens is 2. The number of hydrogen-bond donors (Lipinski definition) is 0. The first-order valence-electron chi connectivity index (χ1n) is 8.74. The number of amides is 1. The monoisotopic (exact) mass is 394 g/mol. The summed E-state index contributed by atoms with van der Waals surface area (Å²) in [5, 5.41) is 3.85. The van der Waals surface area contributed by atoms with Crippen LogP contribution >= 0.6 is 11.6 Å². The predicted octanol–water partition coefficient (Wildman–Crippen LogP) is 3.86. The van der Waals surface area contributed by atoms with Crippen LogP contribution < -0.4 is 0 Å². The van der Waals surface area contributed by atoms with E-state index >= 15 is 0 Å². The van der Waals surface area contributed by atoms with E-state index in [4.69, 9.17) is 20.9 Å². The van der Waals surface area contributed by atoms with Gasteiger partial charge in [0.1, 0.15) is 22.8 Å². The van der Waals surface area contributed by atoms with Crippen LogP contribution in [0, 0.1) is 18.7 Å². The van der Waals surface area contributed by atoms with Crippen LogP contribution in [0.3, 0.4) is 0 Å². The number of piperidine rings is 1. The summed E-state index contributed by atoms with van der Waals surface area (Å²) in [5.41, 5.74) is -0.124. The molecule has 2 heterocycles. The van der Waals surface area contributed by atoms with Crippen LogP contribution in [0.15, 0.2) is 22.7 Å². The lowest BCUT2D eigenvalue weighted by atomic mass is 9.99. The number of benzene rings is 1. The van der Waals surface area contributed by atoms with Crippen molar-refractivity contribution in [1.82, 2.24) is 10.1 Å². The highest BCUT2D eigenvalue weighted by molar-refractivity contribution is 6.33. The highest BCUT2D eigenvalue weighted by atomic mass is 35.5. The van der Waals surface area contributed by atoms with E-state index in [1.165, 1.54) is 25.1 Å². The Hall–Kier alpha value is -2.41. The molecule has 0 saturated carbocycles. The zero-order valence-corrected chi connectivity index (χ0v) is 15.9. The normalized spacial score (nSPS) is 15.0. The van der Waals surface area contributed by atoms with Crippen LogP contribution in [-0.2, 0) is 9.53 Å². The molecular weight excluding hydrogens is 375 g/mol. The molecule has 1 aromatic carbocycles. The smallest absolute Gasteiger partial charge is 0.344 e. The fourth-order valence-corrected chi connectivity index (χ4v) is 3.31. The third-order valence-electron chi connectivity index (χ3n) is 4.73. The lowest BCUT2D eigenvalue weighted by molar-refractivity contribution is -0.135. The van der Waals surface area contributed by atoms with Gasteiger partial charge in [0.05, 0.1) is 10.6 Å². The van der Waals surface area contributed by atoms with Crippen LogP contribution in [0.25, 0.3) is 11.3 Å². The topological polar surface area (TPSA) is 72.6 Å². The van der Waals surface area contributed by atoms with E-state index in [-0.39, 0.29) is 40.1 Å². The Kier molecular flexibility index (Phi) is 5.79. The maximum absolute atomic E-state index is 14.2. The molecule has 6 nitrogen and oxygen atoms in total. The maximum atomic E-state index is 14.2. The van der Waals surface area contributed by atoms with Crippen molar-refractivity contribution in [3.8, 4) is 11.3 Å². The largest absolute Gasteiger partial charge is 0.452 e. The molecule has 144 valence electrons. The van der Waals surface area contributed by atoms with E-state index in [1.54, 1.807) is 4.90 Å². The van der Waals surface area contributed by atoms with Gasteiger partial charge in [-0.3, -0.25) is 4.79 Å². The van der Waals surface area contributed by atoms with Gasteiger partial charge in [-0.25, -0.2) is 9.18 Å². The molecule has 0 atom stereocenters. The van der Waals surface area contributed by atoms with Crippen LogP contribution in [0.5, 0.6) is 0 Å². The molecule has 1 aliphatic heterocycles. The molecule has 0 bridgehead atoms. The highest BCUT2D eigenvalue weighted by Crippen LogP contribution is 2.33. The molecule has 1 aliphatic rings. The van der Waals surface area contributed by atoms with Gasteiger partial charge < -0.3 is 14.2 Å². The van der Waals surface area contributed by atoms with Crippen molar-refractivity contribution >= 4 is 23.5 Å². The van der Waals surface area contributed by atoms with Gasteiger partial charge >= 0.3 is 5.97 Å². The number of aromatic nitrogens is 1. The zero-order chi connectivity index (χ0) is 19.6. The van der Waals surface area contributed by atoms with Crippen LogP contribution in [0.4, 0.5) is 4.39 Å². The minimum absolute atomic E-state index is 0.0398. The second-order valence-electron chi connectivity index (χ2n) is 6.70. The Balaban J connectivity index is 1.74. The van der Waals surface area contributed by atoms with Crippen LogP contribution in [0.1, 0.15) is 35.9 Å². The van der Waals surface area contributed by atoms with E-state index in [0.29, 0.717) is 19.0 Å². The molecule has 8 heteroatoms. The summed E-state index contributed by atoms with van der Waals surface area (Å²) in [6, 6.07) is 4.14. The van der Waals surface area contributed by atoms with E-state index in [1.807, 2.05) is 0 Å². The molecule has 1 amide bonds. The van der Waals surface area contributed by atoms with Crippen molar-refractivity contribution in [1.29, 1.82) is 0 Å². The van der Waals surface area contributed by atoms with Gasteiger partial charge in [0.15, 0.2) is 6.61 Å². The summed E-state index contributed by atoms with van der Waals surface area (Å²) >= 11 is 6.06. The quantitative estimate of drug-likeness (QED) is 0.736. The molecule has 0 unspecified atom stereocenters. The average Bonchev–Trinajstić information content (AvgIpc) is 3.01. The van der Waals surface area contributed by atoms with Crippen molar-refractivity contribution in [2.75, 3.05) is 19.7 Å². The summed E-state index contributed by atoms with van der Waals surface area (Å²) in [5.74, 6) is -0.946. The fourth-order valence-electron chi connectivity index (χ4n) is 3.06. The molecule has 0 spiro atoms. The van der Waals surface area contributed by atoms with Crippen molar-refractivity contribution in [2.24, 2.45) is 5.92 Å². The number of carbonyl (C=O) groups excluding carboxylic acids is 2. The number of hydrogen-bond acceptors (Lipinski definition) is 5. The van der Waals surface area contributed by atoms with Crippen molar-refractivity contribution < 1.29 is 23.2 Å². The zero-order valence-electron chi connectivity index (χ0n) is 15.1. The molecule has 2 aromatic rings. The summed E-state index contributed by atoms with van der Waals surface area (Å²) in [6.07, 6.45) is 1.86. The maximum Gasteiger partial charge on any atom is 0.344 e. The Morgan fingerprint density at radius 3 is 2.74 bits per heavy atom. The van der Waals surface area contributed by atoms with Gasteiger partial charge in [0, 0.05) is 13.1 Å². The summed E-state index contributed by atoms with van der Waals surface area (Å²) in [6.45, 7) is 4.57.